The molecule has 1 aromatic heterocycles. The maximum Gasteiger partial charge on any atom is 0.123 e. The summed E-state index contributed by atoms with van der Waals surface area (Å²) < 4.78 is 14.0. The zero-order chi connectivity index (χ0) is 11.5. The van der Waals surface area contributed by atoms with Crippen molar-refractivity contribution in [3.63, 3.8) is 0 Å². The molecule has 1 N–H and O–H groups in total. The van der Waals surface area contributed by atoms with Gasteiger partial charge in [0.1, 0.15) is 5.82 Å². The molecule has 84 valence electrons. The van der Waals surface area contributed by atoms with Gasteiger partial charge in [0.2, 0.25) is 0 Å². The van der Waals surface area contributed by atoms with E-state index in [9.17, 15) is 4.39 Å². The molecule has 0 atom stereocenters. The largest absolute Gasteiger partial charge is 0.380 e. The van der Waals surface area contributed by atoms with Crippen LogP contribution < -0.4 is 5.32 Å². The quantitative estimate of drug-likeness (QED) is 0.875. The number of rotatable bonds is 3. The van der Waals surface area contributed by atoms with Crippen LogP contribution in [0.15, 0.2) is 34.1 Å². The van der Waals surface area contributed by atoms with Crippen molar-refractivity contribution in [2.24, 2.45) is 0 Å². The number of halogens is 2. The molecule has 0 spiro atoms. The predicted octanol–water partition coefficient (Wildman–Crippen LogP) is 4.57. The monoisotopic (exact) mass is 299 g/mol. The summed E-state index contributed by atoms with van der Waals surface area (Å²) in [5.74, 6) is -0.193. The molecule has 2 rings (SSSR count). The van der Waals surface area contributed by atoms with Crippen LogP contribution in [0.25, 0.3) is 0 Å². The van der Waals surface area contributed by atoms with Crippen LogP contribution >= 0.6 is 27.3 Å². The molecule has 0 radical (unpaired) electrons. The lowest BCUT2D eigenvalue weighted by molar-refractivity contribution is 0.627. The standard InChI is InChI=1S/C12H11BrFNS/c1-8-4-10(14)2-3-12(8)15-6-11-5-9(13)7-16-11/h2-5,7,15H,6H2,1H3. The Morgan fingerprint density at radius 3 is 2.81 bits per heavy atom. The molecule has 1 aromatic carbocycles. The molecule has 0 fully saturated rings. The van der Waals surface area contributed by atoms with Gasteiger partial charge in [-0.15, -0.1) is 11.3 Å². The summed E-state index contributed by atoms with van der Waals surface area (Å²) in [6, 6.07) is 6.86. The first-order valence-corrected chi connectivity index (χ1v) is 6.55. The first-order chi connectivity index (χ1) is 7.65. The first-order valence-electron chi connectivity index (χ1n) is 4.88. The third kappa shape index (κ3) is 2.83. The minimum Gasteiger partial charge on any atom is -0.380 e. The topological polar surface area (TPSA) is 12.0 Å². The summed E-state index contributed by atoms with van der Waals surface area (Å²) in [6.07, 6.45) is 0. The van der Waals surface area contributed by atoms with Crippen molar-refractivity contribution >= 4 is 33.0 Å². The average Bonchev–Trinajstić information content (AvgIpc) is 2.63. The van der Waals surface area contributed by atoms with Crippen LogP contribution in [-0.2, 0) is 6.54 Å². The van der Waals surface area contributed by atoms with Gasteiger partial charge in [0, 0.05) is 27.0 Å². The van der Waals surface area contributed by atoms with E-state index in [1.54, 1.807) is 17.4 Å². The van der Waals surface area contributed by atoms with E-state index >= 15 is 0 Å². The second kappa shape index (κ2) is 4.97. The molecule has 0 saturated heterocycles. The summed E-state index contributed by atoms with van der Waals surface area (Å²) in [5.41, 5.74) is 1.90. The molecule has 0 unspecified atom stereocenters. The molecule has 1 nitrogen and oxygen atoms in total. The lowest BCUT2D eigenvalue weighted by atomic mass is 10.2. The number of hydrogen-bond acceptors (Lipinski definition) is 2. The van der Waals surface area contributed by atoms with Crippen molar-refractivity contribution in [3.05, 3.63) is 50.4 Å². The molecule has 0 aliphatic heterocycles. The van der Waals surface area contributed by atoms with E-state index in [-0.39, 0.29) is 5.82 Å². The minimum absolute atomic E-state index is 0.193. The normalized spacial score (nSPS) is 10.4. The Morgan fingerprint density at radius 2 is 2.19 bits per heavy atom. The molecule has 0 amide bonds. The van der Waals surface area contributed by atoms with Gasteiger partial charge in [0.25, 0.3) is 0 Å². The highest BCUT2D eigenvalue weighted by molar-refractivity contribution is 9.10. The highest BCUT2D eigenvalue weighted by atomic mass is 79.9. The van der Waals surface area contributed by atoms with Gasteiger partial charge >= 0.3 is 0 Å². The summed E-state index contributed by atoms with van der Waals surface area (Å²) in [6.45, 7) is 2.67. The molecule has 16 heavy (non-hydrogen) atoms. The van der Waals surface area contributed by atoms with Crippen molar-refractivity contribution in [2.75, 3.05) is 5.32 Å². The van der Waals surface area contributed by atoms with Gasteiger partial charge in [-0.05, 0) is 52.7 Å². The van der Waals surface area contributed by atoms with Gasteiger partial charge in [0.05, 0.1) is 0 Å². The van der Waals surface area contributed by atoms with Gasteiger partial charge < -0.3 is 5.32 Å². The second-order valence-electron chi connectivity index (χ2n) is 3.54. The number of thiophene rings is 1. The SMILES string of the molecule is Cc1cc(F)ccc1NCc1cc(Br)cs1. The highest BCUT2D eigenvalue weighted by Gasteiger charge is 2.01. The molecular weight excluding hydrogens is 289 g/mol. The maximum absolute atomic E-state index is 12.9. The lowest BCUT2D eigenvalue weighted by Gasteiger charge is -2.08. The third-order valence-electron chi connectivity index (χ3n) is 2.26. The zero-order valence-electron chi connectivity index (χ0n) is 8.76. The van der Waals surface area contributed by atoms with E-state index in [1.807, 2.05) is 6.92 Å². The Kier molecular flexibility index (Phi) is 3.61. The van der Waals surface area contributed by atoms with Gasteiger partial charge in [-0.25, -0.2) is 4.39 Å². The minimum atomic E-state index is -0.193. The number of aryl methyl sites for hydroxylation is 1. The van der Waals surface area contributed by atoms with E-state index in [0.29, 0.717) is 0 Å². The van der Waals surface area contributed by atoms with Crippen LogP contribution in [0.3, 0.4) is 0 Å². The lowest BCUT2D eigenvalue weighted by Crippen LogP contribution is -1.99. The van der Waals surface area contributed by atoms with E-state index < -0.39 is 0 Å². The van der Waals surface area contributed by atoms with Crippen molar-refractivity contribution in [3.8, 4) is 0 Å². The molecule has 0 saturated carbocycles. The van der Waals surface area contributed by atoms with Crippen molar-refractivity contribution < 1.29 is 4.39 Å². The van der Waals surface area contributed by atoms with Crippen LogP contribution in [0.5, 0.6) is 0 Å². The Bertz CT molecular complexity index is 496. The van der Waals surface area contributed by atoms with Gasteiger partial charge in [0.15, 0.2) is 0 Å². The second-order valence-corrected chi connectivity index (χ2v) is 5.46. The fourth-order valence-electron chi connectivity index (χ4n) is 1.45. The maximum atomic E-state index is 12.9. The third-order valence-corrected chi connectivity index (χ3v) is 3.96. The Balaban J connectivity index is 2.04. The van der Waals surface area contributed by atoms with Crippen LogP contribution in [0.4, 0.5) is 10.1 Å². The zero-order valence-corrected chi connectivity index (χ0v) is 11.2. The van der Waals surface area contributed by atoms with Gasteiger partial charge in [-0.3, -0.25) is 0 Å². The smallest absolute Gasteiger partial charge is 0.123 e. The van der Waals surface area contributed by atoms with E-state index in [2.05, 4.69) is 32.7 Å². The van der Waals surface area contributed by atoms with E-state index in [1.165, 1.54) is 17.0 Å². The molecule has 4 heteroatoms. The summed E-state index contributed by atoms with van der Waals surface area (Å²) in [5, 5.41) is 5.34. The molecule has 2 aromatic rings. The van der Waals surface area contributed by atoms with E-state index in [0.717, 1.165) is 22.3 Å². The fraction of sp³-hybridized carbons (Fsp3) is 0.167. The molecule has 0 bridgehead atoms. The Morgan fingerprint density at radius 1 is 1.38 bits per heavy atom. The highest BCUT2D eigenvalue weighted by Crippen LogP contribution is 2.22. The van der Waals surface area contributed by atoms with Crippen molar-refractivity contribution in [1.82, 2.24) is 0 Å². The summed E-state index contributed by atoms with van der Waals surface area (Å²) in [7, 11) is 0. The van der Waals surface area contributed by atoms with Crippen LogP contribution in [-0.4, -0.2) is 0 Å². The van der Waals surface area contributed by atoms with Gasteiger partial charge in [-0.2, -0.15) is 0 Å². The molecule has 0 aliphatic rings. The fourth-order valence-corrected chi connectivity index (χ4v) is 2.85. The van der Waals surface area contributed by atoms with Gasteiger partial charge in [-0.1, -0.05) is 0 Å². The number of benzene rings is 1. The Hall–Kier alpha value is -0.870. The molecule has 1 heterocycles. The average molecular weight is 300 g/mol. The van der Waals surface area contributed by atoms with Crippen LogP contribution in [0.2, 0.25) is 0 Å². The molecular formula is C12H11BrFNS. The molecule has 0 aliphatic carbocycles. The van der Waals surface area contributed by atoms with Crippen LogP contribution in [0, 0.1) is 12.7 Å². The first kappa shape index (κ1) is 11.6. The van der Waals surface area contributed by atoms with E-state index in [4.69, 9.17) is 0 Å². The Labute approximate surface area is 106 Å². The number of nitrogens with one attached hydrogen (secondary N) is 1. The summed E-state index contributed by atoms with van der Waals surface area (Å²) >= 11 is 5.11. The predicted molar refractivity (Wildman–Crippen MR) is 70.5 cm³/mol. The van der Waals surface area contributed by atoms with Crippen LogP contribution in [0.1, 0.15) is 10.4 Å². The number of hydrogen-bond donors (Lipinski definition) is 1. The number of anilines is 1. The summed E-state index contributed by atoms with van der Waals surface area (Å²) in [4.78, 5) is 1.25. The van der Waals surface area contributed by atoms with Crippen molar-refractivity contribution in [1.29, 1.82) is 0 Å². The van der Waals surface area contributed by atoms with Crippen molar-refractivity contribution in [2.45, 2.75) is 13.5 Å².